The van der Waals surface area contributed by atoms with Crippen molar-refractivity contribution in [3.63, 3.8) is 0 Å². The predicted molar refractivity (Wildman–Crippen MR) is 154 cm³/mol. The maximum Gasteiger partial charge on any atom is 0.321 e. The van der Waals surface area contributed by atoms with Crippen LogP contribution in [0.15, 0.2) is 66.7 Å². The molecule has 2 fully saturated rings. The number of likely N-dealkylation sites (tertiary alicyclic amines) is 2. The lowest BCUT2D eigenvalue weighted by atomic mass is 9.78. The number of amides is 4. The topological polar surface area (TPSA) is 73.0 Å². The zero-order valence-electron chi connectivity index (χ0n) is 22.4. The van der Waals surface area contributed by atoms with Crippen LogP contribution in [0.25, 0.3) is 10.8 Å². The van der Waals surface area contributed by atoms with Gasteiger partial charge in [-0.2, -0.15) is 0 Å². The van der Waals surface area contributed by atoms with Gasteiger partial charge in [0.1, 0.15) is 0 Å². The molecule has 0 saturated carbocycles. The lowest BCUT2D eigenvalue weighted by Gasteiger charge is -2.39. The second-order valence-electron chi connectivity index (χ2n) is 11.3. The van der Waals surface area contributed by atoms with Crippen LogP contribution in [0.1, 0.15) is 44.1 Å². The summed E-state index contributed by atoms with van der Waals surface area (Å²) in [4.78, 5) is 44.8. The van der Waals surface area contributed by atoms with Crippen molar-refractivity contribution in [2.24, 2.45) is 5.41 Å². The summed E-state index contributed by atoms with van der Waals surface area (Å²) in [5.74, 6) is 0.108. The third kappa shape index (κ3) is 5.22. The molecule has 202 valence electrons. The maximum absolute atomic E-state index is 13.1. The quantitative estimate of drug-likeness (QED) is 0.494. The minimum Gasteiger partial charge on any atom is -0.342 e. The molecule has 3 aromatic rings. The minimum absolute atomic E-state index is 0.0370. The molecule has 1 N–H and O–H groups in total. The first kappa shape index (κ1) is 25.4. The molecular formula is C32H36N4O3. The average Bonchev–Trinajstić information content (AvgIpc) is 3.39. The van der Waals surface area contributed by atoms with Crippen molar-refractivity contribution < 1.29 is 14.4 Å². The summed E-state index contributed by atoms with van der Waals surface area (Å²) >= 11 is 0. The van der Waals surface area contributed by atoms with E-state index in [0.717, 1.165) is 73.9 Å². The lowest BCUT2D eigenvalue weighted by Crippen LogP contribution is -2.46. The van der Waals surface area contributed by atoms with E-state index in [4.69, 9.17) is 0 Å². The average molecular weight is 525 g/mol. The van der Waals surface area contributed by atoms with Crippen LogP contribution >= 0.6 is 0 Å². The number of para-hydroxylation sites is 1. The van der Waals surface area contributed by atoms with Crippen LogP contribution in [-0.2, 0) is 16.0 Å². The Morgan fingerprint density at radius 2 is 1.44 bits per heavy atom. The van der Waals surface area contributed by atoms with Crippen LogP contribution in [0, 0.1) is 5.41 Å². The van der Waals surface area contributed by atoms with Gasteiger partial charge in [-0.15, -0.1) is 0 Å². The van der Waals surface area contributed by atoms with E-state index in [1.165, 1.54) is 5.56 Å². The fourth-order valence-corrected chi connectivity index (χ4v) is 6.57. The van der Waals surface area contributed by atoms with E-state index >= 15 is 0 Å². The van der Waals surface area contributed by atoms with E-state index in [1.54, 1.807) is 0 Å². The Morgan fingerprint density at radius 3 is 2.28 bits per heavy atom. The van der Waals surface area contributed by atoms with Crippen molar-refractivity contribution in [3.05, 3.63) is 72.3 Å². The molecule has 0 unspecified atom stereocenters. The molecule has 6 rings (SSSR count). The molecule has 3 heterocycles. The summed E-state index contributed by atoms with van der Waals surface area (Å²) in [5.41, 5.74) is 3.11. The Balaban J connectivity index is 0.994. The number of hydrogen-bond donors (Lipinski definition) is 1. The number of piperidine rings is 1. The minimum atomic E-state index is -0.0649. The van der Waals surface area contributed by atoms with Crippen LogP contribution in [0.5, 0.6) is 0 Å². The number of aryl methyl sites for hydroxylation is 1. The Bertz CT molecular complexity index is 1390. The van der Waals surface area contributed by atoms with Gasteiger partial charge >= 0.3 is 6.03 Å². The third-order valence-electron chi connectivity index (χ3n) is 8.90. The molecular weight excluding hydrogens is 488 g/mol. The molecule has 1 spiro atoms. The molecule has 7 heteroatoms. The van der Waals surface area contributed by atoms with Gasteiger partial charge in [0.2, 0.25) is 11.8 Å². The van der Waals surface area contributed by atoms with Gasteiger partial charge in [0, 0.05) is 56.6 Å². The van der Waals surface area contributed by atoms with Crippen molar-refractivity contribution >= 4 is 40.0 Å². The van der Waals surface area contributed by atoms with E-state index in [2.05, 4.69) is 11.4 Å². The number of nitrogens with one attached hydrogen (secondary N) is 1. The van der Waals surface area contributed by atoms with Crippen molar-refractivity contribution in [1.82, 2.24) is 9.80 Å². The second kappa shape index (κ2) is 10.7. The van der Waals surface area contributed by atoms with Gasteiger partial charge in [-0.3, -0.25) is 9.59 Å². The van der Waals surface area contributed by atoms with Gasteiger partial charge < -0.3 is 20.0 Å². The molecule has 7 nitrogen and oxygen atoms in total. The standard InChI is InChI=1S/C32H36N4O3/c37-29(14-15-30(38)36-19-6-10-25-8-2-4-13-28(25)36)35-22-18-32(23-35)16-20-34(21-17-32)31(39)33-27-12-5-9-24-7-1-3-11-26(24)27/h1-5,7-9,11-13H,6,10,14-23H2,(H,33,39). The largest absolute Gasteiger partial charge is 0.342 e. The zero-order valence-corrected chi connectivity index (χ0v) is 22.4. The predicted octanol–water partition coefficient (Wildman–Crippen LogP) is 5.45. The van der Waals surface area contributed by atoms with Crippen LogP contribution in [-0.4, -0.2) is 60.4 Å². The molecule has 0 bridgehead atoms. The smallest absolute Gasteiger partial charge is 0.321 e. The zero-order chi connectivity index (χ0) is 26.8. The number of rotatable bonds is 4. The molecule has 0 radical (unpaired) electrons. The van der Waals surface area contributed by atoms with E-state index in [9.17, 15) is 14.4 Å². The first-order chi connectivity index (χ1) is 19.0. The molecule has 0 atom stereocenters. The number of nitrogens with zero attached hydrogens (tertiary/aromatic N) is 3. The third-order valence-corrected chi connectivity index (χ3v) is 8.90. The number of hydrogen-bond acceptors (Lipinski definition) is 3. The fourth-order valence-electron chi connectivity index (χ4n) is 6.57. The summed E-state index contributed by atoms with van der Waals surface area (Å²) in [5, 5.41) is 5.25. The molecule has 3 aliphatic heterocycles. The highest BCUT2D eigenvalue weighted by molar-refractivity contribution is 6.01. The fraction of sp³-hybridized carbons (Fsp3) is 0.406. The van der Waals surface area contributed by atoms with Gasteiger partial charge in [-0.1, -0.05) is 54.6 Å². The van der Waals surface area contributed by atoms with E-state index in [0.29, 0.717) is 13.1 Å². The monoisotopic (exact) mass is 524 g/mol. The molecule has 2 saturated heterocycles. The number of carbonyl (C=O) groups excluding carboxylic acids is 3. The van der Waals surface area contributed by atoms with E-state index in [1.807, 2.05) is 75.4 Å². The highest BCUT2D eigenvalue weighted by Gasteiger charge is 2.42. The summed E-state index contributed by atoms with van der Waals surface area (Å²) in [7, 11) is 0. The summed E-state index contributed by atoms with van der Waals surface area (Å²) < 4.78 is 0. The normalized spacial score (nSPS) is 18.3. The van der Waals surface area contributed by atoms with Crippen molar-refractivity contribution in [1.29, 1.82) is 0 Å². The molecule has 4 amide bonds. The molecule has 39 heavy (non-hydrogen) atoms. The molecule has 3 aromatic carbocycles. The highest BCUT2D eigenvalue weighted by atomic mass is 16.2. The first-order valence-corrected chi connectivity index (χ1v) is 14.2. The van der Waals surface area contributed by atoms with Crippen LogP contribution in [0.2, 0.25) is 0 Å². The first-order valence-electron chi connectivity index (χ1n) is 14.2. The summed E-state index contributed by atoms with van der Waals surface area (Å²) in [6.07, 6.45) is 5.21. The molecule has 0 aromatic heterocycles. The van der Waals surface area contributed by atoms with Crippen LogP contribution < -0.4 is 10.2 Å². The van der Waals surface area contributed by atoms with Crippen molar-refractivity contribution in [3.8, 4) is 0 Å². The van der Waals surface area contributed by atoms with E-state index < -0.39 is 0 Å². The Hall–Kier alpha value is -3.87. The number of carbonyl (C=O) groups is 3. The summed E-state index contributed by atoms with van der Waals surface area (Å²) in [6.45, 7) is 3.56. The number of anilines is 2. The lowest BCUT2D eigenvalue weighted by molar-refractivity contribution is -0.132. The molecule has 3 aliphatic rings. The second-order valence-corrected chi connectivity index (χ2v) is 11.3. The van der Waals surface area contributed by atoms with Crippen molar-refractivity contribution in [2.45, 2.75) is 44.9 Å². The van der Waals surface area contributed by atoms with Gasteiger partial charge in [0.05, 0.1) is 5.69 Å². The van der Waals surface area contributed by atoms with Crippen molar-refractivity contribution in [2.75, 3.05) is 42.9 Å². The summed E-state index contributed by atoms with van der Waals surface area (Å²) in [6, 6.07) is 22.0. The number of fused-ring (bicyclic) bond motifs is 2. The Morgan fingerprint density at radius 1 is 0.744 bits per heavy atom. The SMILES string of the molecule is O=C(CCC(=O)N1CCCc2ccccc21)N1CCC2(CCN(C(=O)Nc3cccc4ccccc34)CC2)C1. The Kier molecular flexibility index (Phi) is 6.98. The van der Waals surface area contributed by atoms with Gasteiger partial charge in [0.25, 0.3) is 0 Å². The number of benzene rings is 3. The molecule has 0 aliphatic carbocycles. The van der Waals surface area contributed by atoms with Crippen LogP contribution in [0.4, 0.5) is 16.2 Å². The number of urea groups is 1. The van der Waals surface area contributed by atoms with Gasteiger partial charge in [-0.25, -0.2) is 4.79 Å². The van der Waals surface area contributed by atoms with Gasteiger partial charge in [0.15, 0.2) is 0 Å². The Labute approximate surface area is 229 Å². The van der Waals surface area contributed by atoms with Gasteiger partial charge in [-0.05, 0) is 60.6 Å². The van der Waals surface area contributed by atoms with E-state index in [-0.39, 0.29) is 36.1 Å². The highest BCUT2D eigenvalue weighted by Crippen LogP contribution is 2.41. The van der Waals surface area contributed by atoms with Crippen LogP contribution in [0.3, 0.4) is 0 Å². The maximum atomic E-state index is 13.1.